The van der Waals surface area contributed by atoms with E-state index in [2.05, 4.69) is 49.6 Å². The second-order valence-electron chi connectivity index (χ2n) is 5.38. The van der Waals surface area contributed by atoms with E-state index < -0.39 is 0 Å². The maximum Gasteiger partial charge on any atom is 0.0373 e. The highest BCUT2D eigenvalue weighted by Gasteiger charge is 2.19. The van der Waals surface area contributed by atoms with Crippen LogP contribution in [0.4, 0.5) is 5.69 Å². The molecule has 2 rings (SSSR count). The summed E-state index contributed by atoms with van der Waals surface area (Å²) in [5.41, 5.74) is 4.03. The Morgan fingerprint density at radius 3 is 2.65 bits per heavy atom. The third kappa shape index (κ3) is 3.74. The van der Waals surface area contributed by atoms with Crippen LogP contribution < -0.4 is 10.6 Å². The Labute approximate surface area is 105 Å². The standard InChI is InChI=1S/C15H24N2/c1-11(2)13-5-4-12(3)15(10-13)17-9-8-16-14-6-7-14/h4-5,10-11,14,16-17H,6-9H2,1-3H3. The summed E-state index contributed by atoms with van der Waals surface area (Å²) >= 11 is 0. The molecule has 1 aliphatic carbocycles. The molecule has 0 unspecified atom stereocenters. The van der Waals surface area contributed by atoms with Crippen LogP contribution in [0.15, 0.2) is 18.2 Å². The largest absolute Gasteiger partial charge is 0.384 e. The van der Waals surface area contributed by atoms with Crippen molar-refractivity contribution in [3.8, 4) is 0 Å². The van der Waals surface area contributed by atoms with Gasteiger partial charge >= 0.3 is 0 Å². The van der Waals surface area contributed by atoms with Crippen molar-refractivity contribution >= 4 is 5.69 Å². The van der Waals surface area contributed by atoms with Crippen LogP contribution in [0.1, 0.15) is 43.7 Å². The van der Waals surface area contributed by atoms with E-state index in [0.29, 0.717) is 5.92 Å². The first-order valence-electron chi connectivity index (χ1n) is 6.74. The van der Waals surface area contributed by atoms with Crippen molar-refractivity contribution in [2.24, 2.45) is 0 Å². The molecule has 0 amide bonds. The maximum atomic E-state index is 3.53. The van der Waals surface area contributed by atoms with Gasteiger partial charge < -0.3 is 10.6 Å². The summed E-state index contributed by atoms with van der Waals surface area (Å²) in [4.78, 5) is 0. The van der Waals surface area contributed by atoms with Crippen molar-refractivity contribution in [1.82, 2.24) is 5.32 Å². The van der Waals surface area contributed by atoms with Crippen molar-refractivity contribution in [2.45, 2.75) is 45.6 Å². The first-order valence-corrected chi connectivity index (χ1v) is 6.74. The molecule has 0 aromatic heterocycles. The molecule has 0 heterocycles. The van der Waals surface area contributed by atoms with Gasteiger partial charge in [0.1, 0.15) is 0 Å². The highest BCUT2D eigenvalue weighted by molar-refractivity contribution is 5.53. The summed E-state index contributed by atoms with van der Waals surface area (Å²) < 4.78 is 0. The molecule has 1 saturated carbocycles. The lowest BCUT2D eigenvalue weighted by atomic mass is 10.0. The molecule has 0 radical (unpaired) electrons. The van der Waals surface area contributed by atoms with Gasteiger partial charge in [-0.15, -0.1) is 0 Å². The smallest absolute Gasteiger partial charge is 0.0373 e. The lowest BCUT2D eigenvalue weighted by molar-refractivity contribution is 0.701. The van der Waals surface area contributed by atoms with E-state index in [1.54, 1.807) is 0 Å². The second-order valence-corrected chi connectivity index (χ2v) is 5.38. The summed E-state index contributed by atoms with van der Waals surface area (Å²) in [5, 5.41) is 7.05. The van der Waals surface area contributed by atoms with Gasteiger partial charge in [0.15, 0.2) is 0 Å². The SMILES string of the molecule is Cc1ccc(C(C)C)cc1NCCNC1CC1. The van der Waals surface area contributed by atoms with Crippen LogP contribution >= 0.6 is 0 Å². The number of hydrogen-bond donors (Lipinski definition) is 2. The van der Waals surface area contributed by atoms with Gasteiger partial charge in [-0.25, -0.2) is 0 Å². The van der Waals surface area contributed by atoms with Crippen molar-refractivity contribution in [1.29, 1.82) is 0 Å². The molecule has 2 heteroatoms. The minimum atomic E-state index is 0.598. The van der Waals surface area contributed by atoms with E-state index in [1.165, 1.54) is 29.7 Å². The Morgan fingerprint density at radius 2 is 2.00 bits per heavy atom. The summed E-state index contributed by atoms with van der Waals surface area (Å²) in [6, 6.07) is 7.54. The number of aryl methyl sites for hydroxylation is 1. The van der Waals surface area contributed by atoms with Crippen LogP contribution in [0.3, 0.4) is 0 Å². The summed E-state index contributed by atoms with van der Waals surface area (Å²) in [5.74, 6) is 0.598. The molecule has 0 aliphatic heterocycles. The van der Waals surface area contributed by atoms with Gasteiger partial charge in [-0.2, -0.15) is 0 Å². The highest BCUT2D eigenvalue weighted by Crippen LogP contribution is 2.22. The average Bonchev–Trinajstić information content (AvgIpc) is 3.10. The van der Waals surface area contributed by atoms with Gasteiger partial charge in [-0.05, 0) is 42.9 Å². The van der Waals surface area contributed by atoms with Crippen molar-refractivity contribution in [3.63, 3.8) is 0 Å². The zero-order valence-electron chi connectivity index (χ0n) is 11.2. The molecule has 0 atom stereocenters. The number of nitrogens with one attached hydrogen (secondary N) is 2. The quantitative estimate of drug-likeness (QED) is 0.735. The van der Waals surface area contributed by atoms with Gasteiger partial charge in [-0.1, -0.05) is 26.0 Å². The summed E-state index contributed by atoms with van der Waals surface area (Å²) in [6.07, 6.45) is 2.73. The summed E-state index contributed by atoms with van der Waals surface area (Å²) in [6.45, 7) is 8.72. The van der Waals surface area contributed by atoms with E-state index in [0.717, 1.165) is 19.1 Å². The molecule has 17 heavy (non-hydrogen) atoms. The minimum absolute atomic E-state index is 0.598. The minimum Gasteiger partial charge on any atom is -0.384 e. The predicted octanol–water partition coefficient (Wildman–Crippen LogP) is 3.28. The van der Waals surface area contributed by atoms with E-state index >= 15 is 0 Å². The zero-order chi connectivity index (χ0) is 12.3. The van der Waals surface area contributed by atoms with Gasteiger partial charge in [0, 0.05) is 24.8 Å². The van der Waals surface area contributed by atoms with Crippen molar-refractivity contribution < 1.29 is 0 Å². The molecule has 0 spiro atoms. The zero-order valence-corrected chi connectivity index (χ0v) is 11.2. The van der Waals surface area contributed by atoms with Crippen LogP contribution in [0.5, 0.6) is 0 Å². The second kappa shape index (κ2) is 5.54. The van der Waals surface area contributed by atoms with Gasteiger partial charge in [-0.3, -0.25) is 0 Å². The molecule has 0 saturated heterocycles. The lowest BCUT2D eigenvalue weighted by Gasteiger charge is -2.13. The fraction of sp³-hybridized carbons (Fsp3) is 0.600. The Hall–Kier alpha value is -1.02. The van der Waals surface area contributed by atoms with E-state index in [9.17, 15) is 0 Å². The lowest BCUT2D eigenvalue weighted by Crippen LogP contribution is -2.24. The first kappa shape index (κ1) is 12.4. The van der Waals surface area contributed by atoms with E-state index in [4.69, 9.17) is 0 Å². The fourth-order valence-electron chi connectivity index (χ4n) is 1.95. The molecular formula is C15H24N2. The monoisotopic (exact) mass is 232 g/mol. The molecule has 1 aromatic carbocycles. The van der Waals surface area contributed by atoms with Gasteiger partial charge in [0.25, 0.3) is 0 Å². The van der Waals surface area contributed by atoms with Crippen molar-refractivity contribution in [2.75, 3.05) is 18.4 Å². The van der Waals surface area contributed by atoms with E-state index in [-0.39, 0.29) is 0 Å². The third-order valence-electron chi connectivity index (χ3n) is 3.38. The molecule has 2 nitrogen and oxygen atoms in total. The fourth-order valence-corrected chi connectivity index (χ4v) is 1.95. The van der Waals surface area contributed by atoms with E-state index in [1.807, 2.05) is 0 Å². The first-order chi connectivity index (χ1) is 8.16. The predicted molar refractivity (Wildman–Crippen MR) is 74.8 cm³/mol. The Morgan fingerprint density at radius 1 is 1.24 bits per heavy atom. The number of benzene rings is 1. The topological polar surface area (TPSA) is 24.1 Å². The Balaban J connectivity index is 1.86. The van der Waals surface area contributed by atoms with Gasteiger partial charge in [0.2, 0.25) is 0 Å². The van der Waals surface area contributed by atoms with Crippen LogP contribution in [-0.4, -0.2) is 19.1 Å². The van der Waals surface area contributed by atoms with Crippen LogP contribution in [0, 0.1) is 6.92 Å². The highest BCUT2D eigenvalue weighted by atomic mass is 15.0. The normalized spacial score (nSPS) is 15.3. The third-order valence-corrected chi connectivity index (χ3v) is 3.38. The van der Waals surface area contributed by atoms with Crippen LogP contribution in [0.25, 0.3) is 0 Å². The Kier molecular flexibility index (Phi) is 4.06. The number of anilines is 1. The molecule has 1 fully saturated rings. The maximum absolute atomic E-state index is 3.53. The van der Waals surface area contributed by atoms with Crippen molar-refractivity contribution in [3.05, 3.63) is 29.3 Å². The Bertz CT molecular complexity index is 367. The molecule has 1 aliphatic rings. The van der Waals surface area contributed by atoms with Crippen LogP contribution in [0.2, 0.25) is 0 Å². The number of hydrogen-bond acceptors (Lipinski definition) is 2. The molecule has 0 bridgehead atoms. The molecule has 1 aromatic rings. The molecule has 94 valence electrons. The van der Waals surface area contributed by atoms with Gasteiger partial charge in [0.05, 0.1) is 0 Å². The molecular weight excluding hydrogens is 208 g/mol. The molecule has 2 N–H and O–H groups in total. The summed E-state index contributed by atoms with van der Waals surface area (Å²) in [7, 11) is 0. The number of rotatable bonds is 6. The van der Waals surface area contributed by atoms with Crippen LogP contribution in [-0.2, 0) is 0 Å². The average molecular weight is 232 g/mol.